The van der Waals surface area contributed by atoms with Crippen LogP contribution in [0.25, 0.3) is 0 Å². The van der Waals surface area contributed by atoms with E-state index in [-0.39, 0.29) is 5.82 Å². The maximum atomic E-state index is 13.9. The highest BCUT2D eigenvalue weighted by Gasteiger charge is 2.42. The standard InChI is InChI=1S/C18H26FNO/c1-3-20-17(15-9-12-4-6-14(15)8-12)11-13-5-7-18(21-2)16(19)10-13/h5,7,10,12,14-15,17,20H,3-4,6,8-9,11H2,1-2H3. The van der Waals surface area contributed by atoms with Gasteiger partial charge in [-0.3, -0.25) is 0 Å². The van der Waals surface area contributed by atoms with Gasteiger partial charge < -0.3 is 10.1 Å². The second-order valence-electron chi connectivity index (χ2n) is 6.68. The number of fused-ring (bicyclic) bond motifs is 2. The number of hydrogen-bond acceptors (Lipinski definition) is 2. The van der Waals surface area contributed by atoms with Crippen molar-refractivity contribution in [3.63, 3.8) is 0 Å². The van der Waals surface area contributed by atoms with Gasteiger partial charge in [0.25, 0.3) is 0 Å². The van der Waals surface area contributed by atoms with Crippen molar-refractivity contribution in [3.05, 3.63) is 29.6 Å². The lowest BCUT2D eigenvalue weighted by Gasteiger charge is -2.31. The zero-order chi connectivity index (χ0) is 14.8. The minimum atomic E-state index is -0.252. The number of halogens is 1. The van der Waals surface area contributed by atoms with Crippen molar-refractivity contribution in [1.29, 1.82) is 0 Å². The number of ether oxygens (including phenoxy) is 1. The molecule has 0 radical (unpaired) electrons. The molecule has 0 aliphatic heterocycles. The first kappa shape index (κ1) is 14.8. The van der Waals surface area contributed by atoms with E-state index in [0.29, 0.717) is 11.8 Å². The molecular formula is C18H26FNO. The molecule has 2 nitrogen and oxygen atoms in total. The molecule has 1 aromatic carbocycles. The number of benzene rings is 1. The number of rotatable bonds is 6. The number of methoxy groups -OCH3 is 1. The van der Waals surface area contributed by atoms with E-state index < -0.39 is 0 Å². The zero-order valence-electron chi connectivity index (χ0n) is 13.1. The first-order valence-corrected chi connectivity index (χ1v) is 8.27. The Kier molecular flexibility index (Phi) is 4.48. The third kappa shape index (κ3) is 3.08. The summed E-state index contributed by atoms with van der Waals surface area (Å²) in [7, 11) is 1.51. The topological polar surface area (TPSA) is 21.3 Å². The fourth-order valence-electron chi connectivity index (χ4n) is 4.51. The SMILES string of the molecule is CCNC(Cc1ccc(OC)c(F)c1)C1CC2CCC1C2. The van der Waals surface area contributed by atoms with Crippen molar-refractivity contribution in [2.75, 3.05) is 13.7 Å². The summed E-state index contributed by atoms with van der Waals surface area (Å²) in [4.78, 5) is 0. The van der Waals surface area contributed by atoms with Crippen LogP contribution in [0.3, 0.4) is 0 Å². The summed E-state index contributed by atoms with van der Waals surface area (Å²) in [6.07, 6.45) is 6.53. The van der Waals surface area contributed by atoms with Crippen LogP contribution < -0.4 is 10.1 Å². The van der Waals surface area contributed by atoms with Crippen LogP contribution in [0, 0.1) is 23.6 Å². The summed E-state index contributed by atoms with van der Waals surface area (Å²) in [5.74, 6) is 2.70. The Labute approximate surface area is 127 Å². The molecule has 2 saturated carbocycles. The normalized spacial score (nSPS) is 28.8. The summed E-state index contributed by atoms with van der Waals surface area (Å²) in [5, 5.41) is 3.65. The lowest BCUT2D eigenvalue weighted by Crippen LogP contribution is -2.40. The molecule has 1 N–H and O–H groups in total. The van der Waals surface area contributed by atoms with Crippen LogP contribution in [-0.2, 0) is 6.42 Å². The van der Waals surface area contributed by atoms with Crippen LogP contribution in [0.5, 0.6) is 5.75 Å². The van der Waals surface area contributed by atoms with Gasteiger partial charge in [0.15, 0.2) is 11.6 Å². The van der Waals surface area contributed by atoms with Crippen molar-refractivity contribution in [2.45, 2.75) is 45.1 Å². The summed E-state index contributed by atoms with van der Waals surface area (Å²) in [6, 6.07) is 5.86. The summed E-state index contributed by atoms with van der Waals surface area (Å²) >= 11 is 0. The highest BCUT2D eigenvalue weighted by Crippen LogP contribution is 2.49. The van der Waals surface area contributed by atoms with Gasteiger partial charge in [-0.15, -0.1) is 0 Å². The van der Waals surface area contributed by atoms with Crippen molar-refractivity contribution in [2.24, 2.45) is 17.8 Å². The molecule has 2 fully saturated rings. The molecule has 4 unspecified atom stereocenters. The monoisotopic (exact) mass is 291 g/mol. The maximum absolute atomic E-state index is 13.9. The van der Waals surface area contributed by atoms with Crippen LogP contribution in [-0.4, -0.2) is 19.7 Å². The largest absolute Gasteiger partial charge is 0.494 e. The van der Waals surface area contributed by atoms with Gasteiger partial charge in [-0.25, -0.2) is 4.39 Å². The van der Waals surface area contributed by atoms with Crippen LogP contribution >= 0.6 is 0 Å². The number of hydrogen-bond donors (Lipinski definition) is 1. The third-order valence-electron chi connectivity index (χ3n) is 5.45. The lowest BCUT2D eigenvalue weighted by atomic mass is 9.81. The van der Waals surface area contributed by atoms with E-state index >= 15 is 0 Å². The molecule has 0 heterocycles. The highest BCUT2D eigenvalue weighted by atomic mass is 19.1. The lowest BCUT2D eigenvalue weighted by molar-refractivity contribution is 0.249. The van der Waals surface area contributed by atoms with E-state index in [0.717, 1.165) is 36.3 Å². The van der Waals surface area contributed by atoms with Crippen LogP contribution in [0.1, 0.15) is 38.2 Å². The predicted molar refractivity (Wildman–Crippen MR) is 83.1 cm³/mol. The Bertz CT molecular complexity index is 490. The van der Waals surface area contributed by atoms with Crippen molar-refractivity contribution in [3.8, 4) is 5.75 Å². The van der Waals surface area contributed by atoms with E-state index in [1.807, 2.05) is 6.07 Å². The minimum Gasteiger partial charge on any atom is -0.494 e. The summed E-state index contributed by atoms with van der Waals surface area (Å²) in [6.45, 7) is 3.14. The van der Waals surface area contributed by atoms with Crippen LogP contribution in [0.2, 0.25) is 0 Å². The molecule has 3 heteroatoms. The molecule has 1 aromatic rings. The fraction of sp³-hybridized carbons (Fsp3) is 0.667. The van der Waals surface area contributed by atoms with E-state index in [9.17, 15) is 4.39 Å². The summed E-state index contributed by atoms with van der Waals surface area (Å²) < 4.78 is 18.9. The average molecular weight is 291 g/mol. The highest BCUT2D eigenvalue weighted by molar-refractivity contribution is 5.30. The van der Waals surface area contributed by atoms with E-state index in [1.165, 1.54) is 32.8 Å². The van der Waals surface area contributed by atoms with Gasteiger partial charge in [0.2, 0.25) is 0 Å². The molecule has 2 aliphatic carbocycles. The van der Waals surface area contributed by atoms with Crippen LogP contribution in [0.15, 0.2) is 18.2 Å². The molecule has 2 bridgehead atoms. The summed E-state index contributed by atoms with van der Waals surface area (Å²) in [5.41, 5.74) is 1.07. The van der Waals surface area contributed by atoms with E-state index in [1.54, 1.807) is 12.1 Å². The Morgan fingerprint density at radius 3 is 2.76 bits per heavy atom. The predicted octanol–water partition coefficient (Wildman–Crippen LogP) is 3.79. The Balaban J connectivity index is 1.71. The van der Waals surface area contributed by atoms with Gasteiger partial charge in [0.1, 0.15) is 0 Å². The molecule has 21 heavy (non-hydrogen) atoms. The van der Waals surface area contributed by atoms with E-state index in [2.05, 4.69) is 12.2 Å². The fourth-order valence-corrected chi connectivity index (χ4v) is 4.51. The zero-order valence-corrected chi connectivity index (χ0v) is 13.1. The van der Waals surface area contributed by atoms with Gasteiger partial charge >= 0.3 is 0 Å². The molecular weight excluding hydrogens is 265 g/mol. The number of nitrogens with one attached hydrogen (secondary N) is 1. The quantitative estimate of drug-likeness (QED) is 0.861. The van der Waals surface area contributed by atoms with Gasteiger partial charge in [-0.2, -0.15) is 0 Å². The van der Waals surface area contributed by atoms with E-state index in [4.69, 9.17) is 4.74 Å². The molecule has 3 rings (SSSR count). The molecule has 0 saturated heterocycles. The van der Waals surface area contributed by atoms with Crippen molar-refractivity contribution < 1.29 is 9.13 Å². The Morgan fingerprint density at radius 2 is 2.19 bits per heavy atom. The van der Waals surface area contributed by atoms with Gasteiger partial charge in [-0.1, -0.05) is 19.4 Å². The first-order valence-electron chi connectivity index (χ1n) is 8.27. The maximum Gasteiger partial charge on any atom is 0.165 e. The van der Waals surface area contributed by atoms with Crippen LogP contribution in [0.4, 0.5) is 4.39 Å². The van der Waals surface area contributed by atoms with Gasteiger partial charge in [-0.05, 0) is 67.7 Å². The molecule has 0 spiro atoms. The van der Waals surface area contributed by atoms with Crippen molar-refractivity contribution in [1.82, 2.24) is 5.32 Å². The van der Waals surface area contributed by atoms with Crippen molar-refractivity contribution >= 4 is 0 Å². The third-order valence-corrected chi connectivity index (χ3v) is 5.45. The van der Waals surface area contributed by atoms with Gasteiger partial charge in [0.05, 0.1) is 7.11 Å². The smallest absolute Gasteiger partial charge is 0.165 e. The first-order chi connectivity index (χ1) is 10.2. The number of likely N-dealkylation sites (N-methyl/N-ethyl adjacent to an activating group) is 1. The molecule has 4 atom stereocenters. The second kappa shape index (κ2) is 6.35. The molecule has 0 aromatic heterocycles. The molecule has 0 amide bonds. The Hall–Kier alpha value is -1.09. The van der Waals surface area contributed by atoms with Gasteiger partial charge in [0, 0.05) is 6.04 Å². The molecule has 2 aliphatic rings. The molecule has 116 valence electrons. The second-order valence-corrected chi connectivity index (χ2v) is 6.68. The average Bonchev–Trinajstić information content (AvgIpc) is 3.10. The Morgan fingerprint density at radius 1 is 1.33 bits per heavy atom. The minimum absolute atomic E-state index is 0.252.